The van der Waals surface area contributed by atoms with Crippen LogP contribution in [0.1, 0.15) is 5.76 Å². The molecule has 0 aliphatic rings. The third-order valence-corrected chi connectivity index (χ3v) is 2.67. The van der Waals surface area contributed by atoms with Crippen LogP contribution in [0.4, 0.5) is 5.69 Å². The maximum Gasteiger partial charge on any atom is 0.339 e. The van der Waals surface area contributed by atoms with E-state index in [4.69, 9.17) is 9.15 Å². The summed E-state index contributed by atoms with van der Waals surface area (Å²) in [7, 11) is 1.43. The van der Waals surface area contributed by atoms with Crippen molar-refractivity contribution in [2.45, 2.75) is 6.92 Å². The standard InChI is InChI=1S/C13H11NO5/c1-8-13(11(18-2)7-12(15)19-8)9-4-3-5-10(6-9)14(16)17/h3-7H,1-2H3. The van der Waals surface area contributed by atoms with Crippen LogP contribution in [0.5, 0.6) is 5.75 Å². The summed E-state index contributed by atoms with van der Waals surface area (Å²) < 4.78 is 10.1. The maximum atomic E-state index is 11.3. The normalized spacial score (nSPS) is 10.2. The van der Waals surface area contributed by atoms with Gasteiger partial charge in [-0.25, -0.2) is 4.79 Å². The fourth-order valence-electron chi connectivity index (χ4n) is 1.87. The van der Waals surface area contributed by atoms with Crippen LogP contribution in [0.2, 0.25) is 0 Å². The highest BCUT2D eigenvalue weighted by Crippen LogP contribution is 2.33. The molecular formula is C13H11NO5. The monoisotopic (exact) mass is 261 g/mol. The van der Waals surface area contributed by atoms with Crippen molar-refractivity contribution in [2.24, 2.45) is 0 Å². The van der Waals surface area contributed by atoms with Gasteiger partial charge in [-0.3, -0.25) is 10.1 Å². The summed E-state index contributed by atoms with van der Waals surface area (Å²) in [5, 5.41) is 10.8. The number of nitrogens with zero attached hydrogens (tertiary/aromatic N) is 1. The van der Waals surface area contributed by atoms with Gasteiger partial charge in [0.25, 0.3) is 5.69 Å². The Morgan fingerprint density at radius 3 is 2.68 bits per heavy atom. The Kier molecular flexibility index (Phi) is 3.33. The summed E-state index contributed by atoms with van der Waals surface area (Å²) in [5.74, 6) is 0.680. The molecule has 2 rings (SSSR count). The molecule has 0 atom stereocenters. The minimum Gasteiger partial charge on any atom is -0.496 e. The lowest BCUT2D eigenvalue weighted by Gasteiger charge is -2.09. The first kappa shape index (κ1) is 12.8. The highest BCUT2D eigenvalue weighted by atomic mass is 16.6. The van der Waals surface area contributed by atoms with E-state index >= 15 is 0 Å². The van der Waals surface area contributed by atoms with Crippen LogP contribution >= 0.6 is 0 Å². The van der Waals surface area contributed by atoms with Gasteiger partial charge in [-0.1, -0.05) is 12.1 Å². The van der Waals surface area contributed by atoms with Crippen molar-refractivity contribution in [1.29, 1.82) is 0 Å². The lowest BCUT2D eigenvalue weighted by molar-refractivity contribution is -0.384. The Labute approximate surface area is 108 Å². The summed E-state index contributed by atoms with van der Waals surface area (Å²) >= 11 is 0. The van der Waals surface area contributed by atoms with Crippen LogP contribution in [0.3, 0.4) is 0 Å². The van der Waals surface area contributed by atoms with Crippen LogP contribution in [0, 0.1) is 17.0 Å². The van der Waals surface area contributed by atoms with Crippen molar-refractivity contribution < 1.29 is 14.1 Å². The van der Waals surface area contributed by atoms with Crippen molar-refractivity contribution in [2.75, 3.05) is 7.11 Å². The van der Waals surface area contributed by atoms with Gasteiger partial charge in [0.05, 0.1) is 23.7 Å². The second-order valence-electron chi connectivity index (χ2n) is 3.87. The smallest absolute Gasteiger partial charge is 0.339 e. The van der Waals surface area contributed by atoms with Gasteiger partial charge in [-0.05, 0) is 12.5 Å². The third kappa shape index (κ3) is 2.47. The number of nitro groups is 1. The highest BCUT2D eigenvalue weighted by Gasteiger charge is 2.15. The molecule has 19 heavy (non-hydrogen) atoms. The Hall–Kier alpha value is -2.63. The zero-order valence-corrected chi connectivity index (χ0v) is 10.4. The molecule has 1 aromatic carbocycles. The van der Waals surface area contributed by atoms with Crippen molar-refractivity contribution in [1.82, 2.24) is 0 Å². The van der Waals surface area contributed by atoms with E-state index in [2.05, 4.69) is 0 Å². The first-order chi connectivity index (χ1) is 9.02. The van der Waals surface area contributed by atoms with E-state index in [1.54, 1.807) is 19.1 Å². The predicted octanol–water partition coefficient (Wildman–Crippen LogP) is 2.53. The van der Waals surface area contributed by atoms with E-state index in [1.807, 2.05) is 0 Å². The van der Waals surface area contributed by atoms with Gasteiger partial charge in [0, 0.05) is 12.1 Å². The van der Waals surface area contributed by atoms with Gasteiger partial charge in [0.1, 0.15) is 11.5 Å². The zero-order chi connectivity index (χ0) is 14.0. The maximum absolute atomic E-state index is 11.3. The molecule has 0 aliphatic heterocycles. The number of ether oxygens (including phenoxy) is 1. The van der Waals surface area contributed by atoms with Crippen LogP contribution in [-0.2, 0) is 0 Å². The van der Waals surface area contributed by atoms with Crippen LogP contribution in [0.15, 0.2) is 39.5 Å². The van der Waals surface area contributed by atoms with Crippen LogP contribution < -0.4 is 10.4 Å². The highest BCUT2D eigenvalue weighted by molar-refractivity contribution is 5.73. The van der Waals surface area contributed by atoms with Crippen molar-refractivity contribution in [3.8, 4) is 16.9 Å². The minimum atomic E-state index is -0.525. The van der Waals surface area contributed by atoms with Gasteiger partial charge < -0.3 is 9.15 Å². The van der Waals surface area contributed by atoms with Gasteiger partial charge in [0.15, 0.2) is 0 Å². The number of aryl methyl sites for hydroxylation is 1. The van der Waals surface area contributed by atoms with E-state index in [-0.39, 0.29) is 5.69 Å². The topological polar surface area (TPSA) is 82.6 Å². The molecule has 1 heterocycles. The lowest BCUT2D eigenvalue weighted by Crippen LogP contribution is -2.02. The first-order valence-corrected chi connectivity index (χ1v) is 5.46. The zero-order valence-electron chi connectivity index (χ0n) is 10.4. The average molecular weight is 261 g/mol. The number of non-ortho nitro benzene ring substituents is 1. The quantitative estimate of drug-likeness (QED) is 0.626. The Balaban J connectivity index is 2.68. The van der Waals surface area contributed by atoms with E-state index in [0.29, 0.717) is 22.6 Å². The summed E-state index contributed by atoms with van der Waals surface area (Å²) in [4.78, 5) is 21.6. The molecule has 2 aromatic rings. The second kappa shape index (κ2) is 4.93. The molecular weight excluding hydrogens is 250 g/mol. The lowest BCUT2D eigenvalue weighted by atomic mass is 10.0. The van der Waals surface area contributed by atoms with Crippen LogP contribution in [-0.4, -0.2) is 12.0 Å². The second-order valence-corrected chi connectivity index (χ2v) is 3.87. The first-order valence-electron chi connectivity index (χ1n) is 5.46. The van der Waals surface area contributed by atoms with E-state index in [0.717, 1.165) is 0 Å². The molecule has 0 radical (unpaired) electrons. The summed E-state index contributed by atoms with van der Waals surface area (Å²) in [6.45, 7) is 1.61. The van der Waals surface area contributed by atoms with Gasteiger partial charge in [-0.2, -0.15) is 0 Å². The molecule has 0 saturated heterocycles. The third-order valence-electron chi connectivity index (χ3n) is 2.67. The number of hydrogen-bond acceptors (Lipinski definition) is 5. The summed E-state index contributed by atoms with van der Waals surface area (Å²) in [5.41, 5.74) is 0.534. The fourth-order valence-corrected chi connectivity index (χ4v) is 1.87. The van der Waals surface area contributed by atoms with Gasteiger partial charge >= 0.3 is 5.63 Å². The van der Waals surface area contributed by atoms with Gasteiger partial charge in [-0.15, -0.1) is 0 Å². The number of nitro benzene ring substituents is 1. The fraction of sp³-hybridized carbons (Fsp3) is 0.154. The number of benzene rings is 1. The molecule has 0 amide bonds. The predicted molar refractivity (Wildman–Crippen MR) is 68.4 cm³/mol. The average Bonchev–Trinajstić information content (AvgIpc) is 2.37. The molecule has 0 saturated carbocycles. The van der Waals surface area contributed by atoms with E-state index in [1.165, 1.54) is 25.3 Å². The molecule has 0 aliphatic carbocycles. The molecule has 0 unspecified atom stereocenters. The van der Waals surface area contributed by atoms with E-state index in [9.17, 15) is 14.9 Å². The molecule has 0 N–H and O–H groups in total. The van der Waals surface area contributed by atoms with Crippen LogP contribution in [0.25, 0.3) is 11.1 Å². The molecule has 6 nitrogen and oxygen atoms in total. The van der Waals surface area contributed by atoms with Gasteiger partial charge in [0.2, 0.25) is 0 Å². The van der Waals surface area contributed by atoms with E-state index < -0.39 is 10.5 Å². The van der Waals surface area contributed by atoms with Crippen molar-refractivity contribution in [3.63, 3.8) is 0 Å². The van der Waals surface area contributed by atoms with Crippen molar-refractivity contribution >= 4 is 5.69 Å². The molecule has 0 fully saturated rings. The largest absolute Gasteiger partial charge is 0.496 e. The molecule has 0 bridgehead atoms. The number of hydrogen-bond donors (Lipinski definition) is 0. The Morgan fingerprint density at radius 2 is 2.05 bits per heavy atom. The summed E-state index contributed by atoms with van der Waals surface area (Å²) in [6, 6.07) is 7.27. The summed E-state index contributed by atoms with van der Waals surface area (Å²) in [6.07, 6.45) is 0. The number of rotatable bonds is 3. The molecule has 98 valence electrons. The molecule has 0 spiro atoms. The van der Waals surface area contributed by atoms with Crippen molar-refractivity contribution in [3.05, 3.63) is 56.6 Å². The number of methoxy groups -OCH3 is 1. The Morgan fingerprint density at radius 1 is 1.32 bits per heavy atom. The molecule has 1 aromatic heterocycles. The Bertz CT molecular complexity index is 690. The molecule has 6 heteroatoms. The minimum absolute atomic E-state index is 0.0369. The SMILES string of the molecule is COc1cc(=O)oc(C)c1-c1cccc([N+](=O)[O-])c1.